The first-order valence-electron chi connectivity index (χ1n) is 9.71. The number of ether oxygens (including phenoxy) is 2. The molecule has 0 saturated carbocycles. The highest BCUT2D eigenvalue weighted by molar-refractivity contribution is 7.93. The minimum Gasteiger partial charge on any atom is -0.463 e. The predicted molar refractivity (Wildman–Crippen MR) is 113 cm³/mol. The number of aromatic nitrogens is 2. The lowest BCUT2D eigenvalue weighted by atomic mass is 9.98. The molecule has 0 bridgehead atoms. The molecule has 2 N–H and O–H groups in total. The van der Waals surface area contributed by atoms with Gasteiger partial charge in [0.2, 0.25) is 12.0 Å². The van der Waals surface area contributed by atoms with Gasteiger partial charge < -0.3 is 18.9 Å². The molecule has 2 aromatic rings. The quantitative estimate of drug-likeness (QED) is 0.541. The molecule has 29 heavy (non-hydrogen) atoms. The summed E-state index contributed by atoms with van der Waals surface area (Å²) in [6.45, 7) is 7.52. The van der Waals surface area contributed by atoms with Crippen LogP contribution in [-0.4, -0.2) is 50.8 Å². The van der Waals surface area contributed by atoms with Crippen molar-refractivity contribution in [2.75, 3.05) is 19.7 Å². The van der Waals surface area contributed by atoms with E-state index in [-0.39, 0.29) is 6.09 Å². The topological polar surface area (TPSA) is 87.5 Å². The summed E-state index contributed by atoms with van der Waals surface area (Å²) in [6, 6.07) is 8.08. The van der Waals surface area contributed by atoms with E-state index in [0.29, 0.717) is 31.6 Å². The second kappa shape index (κ2) is 9.45. The van der Waals surface area contributed by atoms with E-state index < -0.39 is 5.60 Å². The Labute approximate surface area is 175 Å². The Morgan fingerprint density at radius 3 is 2.31 bits per heavy atom. The fraction of sp³-hybridized carbons (Fsp3) is 0.476. The van der Waals surface area contributed by atoms with E-state index in [4.69, 9.17) is 14.0 Å². The van der Waals surface area contributed by atoms with Crippen molar-refractivity contribution in [3.8, 4) is 17.1 Å². The monoisotopic (exact) mass is 418 g/mol. The maximum absolute atomic E-state index is 12.1. The van der Waals surface area contributed by atoms with Gasteiger partial charge in [-0.15, -0.1) is 0 Å². The number of hydrogen-bond donors (Lipinski definition) is 0. The summed E-state index contributed by atoms with van der Waals surface area (Å²) >= 11 is 0.969. The first-order valence-corrected chi connectivity index (χ1v) is 10.5. The number of amides is 1. The van der Waals surface area contributed by atoms with Crippen LogP contribution in [0.5, 0.6) is 6.01 Å². The van der Waals surface area contributed by atoms with Crippen molar-refractivity contribution in [2.45, 2.75) is 44.1 Å². The number of carbonyl (C=O) groups is 1. The summed E-state index contributed by atoms with van der Waals surface area (Å²) in [7, 11) is 0. The molecule has 1 aromatic carbocycles. The number of carbonyl (C=O) groups excluding carboxylic acids is 1. The Hall–Kier alpha value is -2.32. The van der Waals surface area contributed by atoms with Gasteiger partial charge in [-0.05, 0) is 57.2 Å². The second-order valence-corrected chi connectivity index (χ2v) is 8.78. The zero-order valence-corrected chi connectivity index (χ0v) is 17.9. The summed E-state index contributed by atoms with van der Waals surface area (Å²) in [6.07, 6.45) is 4.99. The van der Waals surface area contributed by atoms with Crippen molar-refractivity contribution >= 4 is 18.1 Å². The number of benzene rings is 1. The van der Waals surface area contributed by atoms with Gasteiger partial charge in [0.05, 0.1) is 11.5 Å². The van der Waals surface area contributed by atoms with Crippen LogP contribution in [0.15, 0.2) is 41.6 Å². The standard InChI is InChI=1S/C21H27N3O4S/c1-21(2,3)28-20(25)24-10-8-15(9-11-24)14-27-19-22-12-17(13-23-19)16-4-6-18(29-26)7-5-16/h4-7,12-13,15,26H,8-11,14H2,1-3H3/p+1. The molecular formula is C21H28N3O4S+. The van der Waals surface area contributed by atoms with Crippen LogP contribution in [-0.2, 0) is 4.74 Å². The fourth-order valence-corrected chi connectivity index (χ4v) is 3.33. The molecule has 2 heterocycles. The van der Waals surface area contributed by atoms with Gasteiger partial charge in [0, 0.05) is 31.0 Å². The van der Waals surface area contributed by atoms with E-state index in [1.165, 1.54) is 0 Å². The number of hydrogen-bond acceptors (Lipinski definition) is 6. The van der Waals surface area contributed by atoms with E-state index >= 15 is 0 Å². The molecule has 1 aliphatic rings. The average Bonchev–Trinajstić information content (AvgIpc) is 2.72. The molecule has 0 atom stereocenters. The van der Waals surface area contributed by atoms with Gasteiger partial charge in [-0.3, -0.25) is 0 Å². The summed E-state index contributed by atoms with van der Waals surface area (Å²) in [5.74, 6) is 0.367. The molecule has 0 spiro atoms. The summed E-state index contributed by atoms with van der Waals surface area (Å²) in [5, 5.41) is 0. The SMILES string of the molecule is CC(C)(C)OC(=O)N1CCC(COc2ncc(-c3ccc(S[OH2+])cc3)cn2)CC1. The Morgan fingerprint density at radius 2 is 1.76 bits per heavy atom. The third-order valence-corrected chi connectivity index (χ3v) is 5.16. The summed E-state index contributed by atoms with van der Waals surface area (Å²) in [4.78, 5) is 23.4. The van der Waals surface area contributed by atoms with Crippen LogP contribution in [0.3, 0.4) is 0 Å². The van der Waals surface area contributed by atoms with Crippen LogP contribution in [0.1, 0.15) is 33.6 Å². The predicted octanol–water partition coefficient (Wildman–Crippen LogP) is 3.90. The van der Waals surface area contributed by atoms with Crippen LogP contribution >= 0.6 is 12.0 Å². The van der Waals surface area contributed by atoms with E-state index in [2.05, 4.69) is 9.97 Å². The molecule has 7 nitrogen and oxygen atoms in total. The molecule has 1 amide bonds. The maximum Gasteiger partial charge on any atom is 0.410 e. The molecule has 3 rings (SSSR count). The lowest BCUT2D eigenvalue weighted by molar-refractivity contribution is 0.0163. The molecule has 0 unspecified atom stereocenters. The lowest BCUT2D eigenvalue weighted by Gasteiger charge is -2.33. The zero-order valence-electron chi connectivity index (χ0n) is 17.1. The van der Waals surface area contributed by atoms with Gasteiger partial charge in [0.1, 0.15) is 5.60 Å². The molecule has 8 heteroatoms. The largest absolute Gasteiger partial charge is 0.463 e. The Balaban J connectivity index is 1.45. The van der Waals surface area contributed by atoms with E-state index in [1.807, 2.05) is 45.0 Å². The molecule has 156 valence electrons. The van der Waals surface area contributed by atoms with Crippen LogP contribution in [0.4, 0.5) is 4.79 Å². The van der Waals surface area contributed by atoms with Crippen molar-refractivity contribution in [1.29, 1.82) is 0 Å². The molecule has 1 aromatic heterocycles. The van der Waals surface area contributed by atoms with Crippen LogP contribution in [0.2, 0.25) is 0 Å². The Morgan fingerprint density at radius 1 is 1.14 bits per heavy atom. The molecule has 0 radical (unpaired) electrons. The summed E-state index contributed by atoms with van der Waals surface area (Å²) < 4.78 is 18.5. The van der Waals surface area contributed by atoms with Crippen molar-refractivity contribution in [3.05, 3.63) is 36.7 Å². The van der Waals surface area contributed by atoms with Crippen LogP contribution in [0.25, 0.3) is 11.1 Å². The smallest absolute Gasteiger partial charge is 0.410 e. The minimum absolute atomic E-state index is 0.245. The Kier molecular flexibility index (Phi) is 6.97. The minimum atomic E-state index is -0.469. The first-order chi connectivity index (χ1) is 13.8. The molecule has 1 fully saturated rings. The highest BCUT2D eigenvalue weighted by Gasteiger charge is 2.27. The fourth-order valence-electron chi connectivity index (χ4n) is 3.06. The van der Waals surface area contributed by atoms with Crippen LogP contribution in [0, 0.1) is 5.92 Å². The number of likely N-dealkylation sites (tertiary alicyclic amines) is 1. The zero-order chi connectivity index (χ0) is 20.9. The second-order valence-electron chi connectivity index (χ2n) is 8.10. The van der Waals surface area contributed by atoms with Gasteiger partial charge in [0.15, 0.2) is 0 Å². The molecule has 1 aliphatic heterocycles. The maximum atomic E-state index is 12.1. The normalized spacial score (nSPS) is 15.2. The van der Waals surface area contributed by atoms with Crippen molar-refractivity contribution < 1.29 is 18.8 Å². The van der Waals surface area contributed by atoms with E-state index in [1.54, 1.807) is 17.3 Å². The van der Waals surface area contributed by atoms with Gasteiger partial charge in [-0.25, -0.2) is 14.8 Å². The number of piperidine rings is 1. The van der Waals surface area contributed by atoms with Crippen molar-refractivity contribution in [3.63, 3.8) is 0 Å². The number of nitrogens with zero attached hydrogens (tertiary/aromatic N) is 3. The third-order valence-electron chi connectivity index (χ3n) is 4.65. The van der Waals surface area contributed by atoms with E-state index in [9.17, 15) is 4.79 Å². The third kappa shape index (κ3) is 6.33. The van der Waals surface area contributed by atoms with Gasteiger partial charge >= 0.3 is 12.1 Å². The van der Waals surface area contributed by atoms with E-state index in [0.717, 1.165) is 40.9 Å². The highest BCUT2D eigenvalue weighted by atomic mass is 32.2. The first kappa shape index (κ1) is 21.4. The Bertz CT molecular complexity index is 798. The average molecular weight is 419 g/mol. The molecule has 1 saturated heterocycles. The van der Waals surface area contributed by atoms with Gasteiger partial charge in [0.25, 0.3) is 0 Å². The summed E-state index contributed by atoms with van der Waals surface area (Å²) in [5.41, 5.74) is 1.44. The lowest BCUT2D eigenvalue weighted by Crippen LogP contribution is -2.42. The molecule has 0 aliphatic carbocycles. The number of rotatable bonds is 5. The molecular weight excluding hydrogens is 390 g/mol. The van der Waals surface area contributed by atoms with Crippen molar-refractivity contribution in [1.82, 2.24) is 14.9 Å². The van der Waals surface area contributed by atoms with Gasteiger partial charge in [-0.1, -0.05) is 12.1 Å². The highest BCUT2D eigenvalue weighted by Crippen LogP contribution is 2.23. The van der Waals surface area contributed by atoms with Crippen LogP contribution < -0.4 is 4.74 Å². The van der Waals surface area contributed by atoms with Crippen molar-refractivity contribution in [2.24, 2.45) is 5.92 Å². The van der Waals surface area contributed by atoms with Gasteiger partial charge in [-0.2, -0.15) is 0 Å².